The molecule has 1 unspecified atom stereocenters. The van der Waals surface area contributed by atoms with E-state index in [1.807, 2.05) is 0 Å². The Labute approximate surface area is 90.8 Å². The molecule has 76 valence electrons. The Balaban J connectivity index is 3.08. The summed E-state index contributed by atoms with van der Waals surface area (Å²) in [5.74, 6) is 0.605. The molecule has 1 aromatic rings. The van der Waals surface area contributed by atoms with Gasteiger partial charge in [0.2, 0.25) is 0 Å². The van der Waals surface area contributed by atoms with E-state index in [4.69, 9.17) is 4.74 Å². The first-order valence-electron chi connectivity index (χ1n) is 4.07. The smallest absolute Gasteiger partial charge is 0.147 e. The van der Waals surface area contributed by atoms with Crippen molar-refractivity contribution in [2.75, 3.05) is 7.11 Å². The number of benzene rings is 1. The molecule has 0 radical (unpaired) electrons. The van der Waals surface area contributed by atoms with E-state index in [1.165, 1.54) is 26.2 Å². The quantitative estimate of drug-likeness (QED) is 0.848. The van der Waals surface area contributed by atoms with Crippen molar-refractivity contribution in [1.29, 1.82) is 0 Å². The van der Waals surface area contributed by atoms with Crippen molar-refractivity contribution in [3.05, 3.63) is 23.8 Å². The number of ether oxygens (including phenoxy) is 1. The normalized spacial score (nSPS) is 12.2. The van der Waals surface area contributed by atoms with Crippen molar-refractivity contribution < 1.29 is 14.6 Å². The summed E-state index contributed by atoms with van der Waals surface area (Å²) in [6.07, 6.45) is 0. The van der Waals surface area contributed by atoms with E-state index in [-0.39, 0.29) is 11.5 Å². The van der Waals surface area contributed by atoms with E-state index >= 15 is 0 Å². The van der Waals surface area contributed by atoms with E-state index < -0.39 is 4.83 Å². The maximum absolute atomic E-state index is 11.1. The minimum absolute atomic E-state index is 0.0161. The molecule has 1 rings (SSSR count). The van der Waals surface area contributed by atoms with Gasteiger partial charge in [0.25, 0.3) is 0 Å². The number of phenols is 1. The largest absolute Gasteiger partial charge is 0.508 e. The summed E-state index contributed by atoms with van der Waals surface area (Å²) in [5.41, 5.74) is 0.689. The fraction of sp³-hybridized carbons (Fsp3) is 0.300. The van der Waals surface area contributed by atoms with Gasteiger partial charge < -0.3 is 9.84 Å². The van der Waals surface area contributed by atoms with Crippen LogP contribution in [0.15, 0.2) is 18.2 Å². The number of carbonyl (C=O) groups is 1. The third-order valence-corrected chi connectivity index (χ3v) is 2.97. The van der Waals surface area contributed by atoms with Crippen molar-refractivity contribution in [2.45, 2.75) is 11.8 Å². The van der Waals surface area contributed by atoms with Crippen molar-refractivity contribution in [2.24, 2.45) is 0 Å². The molecule has 0 saturated carbocycles. The van der Waals surface area contributed by atoms with Gasteiger partial charge in [-0.3, -0.25) is 4.79 Å². The Morgan fingerprint density at radius 2 is 2.14 bits per heavy atom. The number of methoxy groups -OCH3 is 1. The van der Waals surface area contributed by atoms with E-state index in [0.717, 1.165) is 0 Å². The van der Waals surface area contributed by atoms with Gasteiger partial charge in [0.05, 0.1) is 11.9 Å². The lowest BCUT2D eigenvalue weighted by molar-refractivity contribution is -0.116. The lowest BCUT2D eigenvalue weighted by atomic mass is 10.1. The molecular formula is C10H11BrO3. The zero-order chi connectivity index (χ0) is 10.7. The molecule has 4 heteroatoms. The minimum Gasteiger partial charge on any atom is -0.508 e. The molecule has 0 fully saturated rings. The van der Waals surface area contributed by atoms with Gasteiger partial charge in [-0.2, -0.15) is 0 Å². The molecule has 0 aliphatic heterocycles. The number of rotatable bonds is 3. The maximum Gasteiger partial charge on any atom is 0.147 e. The minimum atomic E-state index is -0.400. The number of carbonyl (C=O) groups excluding carboxylic acids is 1. The Morgan fingerprint density at radius 3 is 2.64 bits per heavy atom. The Kier molecular flexibility index (Phi) is 3.52. The molecule has 0 bridgehead atoms. The molecule has 0 aliphatic carbocycles. The SMILES string of the molecule is COc1cc(O)cc(C(Br)C(C)=O)c1. The number of ketones is 1. The van der Waals surface area contributed by atoms with Gasteiger partial charge in [0.15, 0.2) is 0 Å². The first-order valence-corrected chi connectivity index (χ1v) is 4.98. The highest BCUT2D eigenvalue weighted by molar-refractivity contribution is 9.09. The summed E-state index contributed by atoms with van der Waals surface area (Å²) in [6, 6.07) is 4.73. The van der Waals surface area contributed by atoms with Crippen LogP contribution in [0.2, 0.25) is 0 Å². The van der Waals surface area contributed by atoms with Crippen molar-refractivity contribution in [3.63, 3.8) is 0 Å². The summed E-state index contributed by atoms with van der Waals surface area (Å²) in [5, 5.41) is 9.34. The van der Waals surface area contributed by atoms with Gasteiger partial charge in [-0.05, 0) is 24.6 Å². The molecule has 1 atom stereocenters. The monoisotopic (exact) mass is 258 g/mol. The lowest BCUT2D eigenvalue weighted by Gasteiger charge is -2.09. The number of alkyl halides is 1. The zero-order valence-corrected chi connectivity index (χ0v) is 9.54. The van der Waals surface area contributed by atoms with Crippen LogP contribution in [0.4, 0.5) is 0 Å². The van der Waals surface area contributed by atoms with Crippen LogP contribution in [0.25, 0.3) is 0 Å². The topological polar surface area (TPSA) is 46.5 Å². The lowest BCUT2D eigenvalue weighted by Crippen LogP contribution is -2.01. The Morgan fingerprint density at radius 1 is 1.50 bits per heavy atom. The highest BCUT2D eigenvalue weighted by Crippen LogP contribution is 2.30. The average Bonchev–Trinajstić information content (AvgIpc) is 2.15. The Hall–Kier alpha value is -1.03. The Bertz CT molecular complexity index is 349. The van der Waals surface area contributed by atoms with Crippen LogP contribution in [0, 0.1) is 0 Å². The molecule has 0 aromatic heterocycles. The highest BCUT2D eigenvalue weighted by atomic mass is 79.9. The number of halogens is 1. The second-order valence-electron chi connectivity index (χ2n) is 2.94. The molecule has 3 nitrogen and oxygen atoms in total. The second-order valence-corrected chi connectivity index (χ2v) is 3.85. The molecule has 0 heterocycles. The fourth-order valence-corrected chi connectivity index (χ4v) is 1.37. The first kappa shape index (κ1) is 11.0. The van der Waals surface area contributed by atoms with Crippen molar-refractivity contribution in [1.82, 2.24) is 0 Å². The summed E-state index contributed by atoms with van der Waals surface area (Å²) in [4.78, 5) is 10.7. The maximum atomic E-state index is 11.1. The van der Waals surface area contributed by atoms with E-state index in [1.54, 1.807) is 6.07 Å². The van der Waals surface area contributed by atoms with Gasteiger partial charge in [-0.25, -0.2) is 0 Å². The van der Waals surface area contributed by atoms with Gasteiger partial charge >= 0.3 is 0 Å². The molecule has 0 saturated heterocycles. The van der Waals surface area contributed by atoms with Crippen molar-refractivity contribution >= 4 is 21.7 Å². The van der Waals surface area contributed by atoms with Gasteiger partial charge in [-0.1, -0.05) is 15.9 Å². The van der Waals surface area contributed by atoms with Crippen LogP contribution < -0.4 is 4.74 Å². The molecule has 0 spiro atoms. The molecule has 1 aromatic carbocycles. The van der Waals surface area contributed by atoms with Crippen LogP contribution in [0.1, 0.15) is 17.3 Å². The third-order valence-electron chi connectivity index (χ3n) is 1.80. The molecule has 0 aliphatic rings. The first-order chi connectivity index (χ1) is 6.54. The number of phenolic OH excluding ortho intramolecular Hbond substituents is 1. The highest BCUT2D eigenvalue weighted by Gasteiger charge is 2.14. The predicted molar refractivity (Wildman–Crippen MR) is 57.0 cm³/mol. The van der Waals surface area contributed by atoms with Gasteiger partial charge in [0, 0.05) is 6.07 Å². The molecule has 0 amide bonds. The van der Waals surface area contributed by atoms with Crippen LogP contribution in [0.5, 0.6) is 11.5 Å². The van der Waals surface area contributed by atoms with Crippen LogP contribution >= 0.6 is 15.9 Å². The number of hydrogen-bond donors (Lipinski definition) is 1. The summed E-state index contributed by atoms with van der Waals surface area (Å²) in [7, 11) is 1.51. The summed E-state index contributed by atoms with van der Waals surface area (Å²) in [6.45, 7) is 1.48. The summed E-state index contributed by atoms with van der Waals surface area (Å²) < 4.78 is 4.97. The molecule has 14 heavy (non-hydrogen) atoms. The standard InChI is InChI=1S/C10H11BrO3/c1-6(12)10(11)7-3-8(13)5-9(4-7)14-2/h3-5,10,13H,1-2H3. The number of hydrogen-bond acceptors (Lipinski definition) is 3. The second kappa shape index (κ2) is 4.46. The zero-order valence-electron chi connectivity index (χ0n) is 7.95. The van der Waals surface area contributed by atoms with Crippen LogP contribution in [-0.4, -0.2) is 18.0 Å². The fourth-order valence-electron chi connectivity index (χ4n) is 1.10. The molecule has 1 N–H and O–H groups in total. The number of aromatic hydroxyl groups is 1. The van der Waals surface area contributed by atoms with Gasteiger partial charge in [0.1, 0.15) is 17.3 Å². The van der Waals surface area contributed by atoms with Crippen LogP contribution in [-0.2, 0) is 4.79 Å². The third kappa shape index (κ3) is 2.48. The molecular weight excluding hydrogens is 248 g/mol. The predicted octanol–water partition coefficient (Wildman–Crippen LogP) is 2.43. The summed E-state index contributed by atoms with van der Waals surface area (Å²) >= 11 is 3.23. The van der Waals surface area contributed by atoms with Crippen LogP contribution in [0.3, 0.4) is 0 Å². The average molecular weight is 259 g/mol. The van der Waals surface area contributed by atoms with E-state index in [2.05, 4.69) is 15.9 Å². The van der Waals surface area contributed by atoms with Crippen molar-refractivity contribution in [3.8, 4) is 11.5 Å². The van der Waals surface area contributed by atoms with E-state index in [0.29, 0.717) is 11.3 Å². The van der Waals surface area contributed by atoms with Gasteiger partial charge in [-0.15, -0.1) is 0 Å². The number of Topliss-reactive ketones (excluding diaryl/α,β-unsaturated/α-hetero) is 1. The van der Waals surface area contributed by atoms with E-state index in [9.17, 15) is 9.90 Å².